The molecule has 4 N–H and O–H groups in total. The average Bonchev–Trinajstić information content (AvgIpc) is 3.08. The molecule has 266 valence electrons. The number of hydrogen-bond acceptors (Lipinski definition) is 10. The van der Waals surface area contributed by atoms with Crippen LogP contribution in [0.5, 0.6) is 0 Å². The smallest absolute Gasteiger partial charge is 0.325 e. The minimum atomic E-state index is -4.47. The van der Waals surface area contributed by atoms with Crippen LogP contribution in [0.15, 0.2) is 95.0 Å². The molecule has 0 radical (unpaired) electrons. The Morgan fingerprint density at radius 2 is 1.49 bits per heavy atom. The lowest BCUT2D eigenvalue weighted by molar-refractivity contribution is -0.600. The number of carbonyl (C=O) groups excluding carboxylic acids is 1. The van der Waals surface area contributed by atoms with E-state index in [0.717, 1.165) is 30.5 Å². The van der Waals surface area contributed by atoms with E-state index in [4.69, 9.17) is 9.11 Å². The van der Waals surface area contributed by atoms with Gasteiger partial charge in [0.05, 0.1) is 24.2 Å². The molecule has 0 unspecified atom stereocenters. The zero-order valence-electron chi connectivity index (χ0n) is 25.7. The van der Waals surface area contributed by atoms with Crippen molar-refractivity contribution in [1.82, 2.24) is 15.3 Å². The highest BCUT2D eigenvalue weighted by Gasteiger charge is 2.36. The zero-order valence-corrected chi connectivity index (χ0v) is 27.3. The molecule has 0 fully saturated rings. The van der Waals surface area contributed by atoms with Gasteiger partial charge in [-0.25, -0.2) is 9.12 Å². The van der Waals surface area contributed by atoms with E-state index in [-0.39, 0.29) is 27.7 Å². The molecule has 14 nitrogen and oxygen atoms in total. The van der Waals surface area contributed by atoms with Gasteiger partial charge >= 0.3 is 11.7 Å². The molecule has 0 atom stereocenters. The van der Waals surface area contributed by atoms with Gasteiger partial charge in [-0.15, -0.1) is 0 Å². The van der Waals surface area contributed by atoms with Crippen LogP contribution >= 0.6 is 0 Å². The minimum absolute atomic E-state index is 0.0233. The number of alkyl halides is 2. The SMILES string of the molecule is N#Cc1cc(F)c(NCC(F)(F)c2ccccn2)[n+]([O-])c1CC(=O)NCc1ncccc1F.O=S(=O)(O)c1cccc2c(S(=O)(=O)O)cccc12. The second-order valence-corrected chi connectivity index (χ2v) is 13.1. The fourth-order valence-electron chi connectivity index (χ4n) is 4.55. The van der Waals surface area contributed by atoms with Crippen LogP contribution in [-0.2, 0) is 43.9 Å². The first-order valence-electron chi connectivity index (χ1n) is 14.1. The monoisotopic (exact) mass is 748 g/mol. The fraction of sp³-hybridized carbons (Fsp3) is 0.129. The Morgan fingerprint density at radius 1 is 0.882 bits per heavy atom. The Labute approximate surface area is 287 Å². The van der Waals surface area contributed by atoms with E-state index in [1.165, 1.54) is 48.7 Å². The van der Waals surface area contributed by atoms with Crippen molar-refractivity contribution in [2.45, 2.75) is 28.7 Å². The molecule has 2 aromatic carbocycles. The Morgan fingerprint density at radius 3 is 2.02 bits per heavy atom. The summed E-state index contributed by atoms with van der Waals surface area (Å²) in [6.07, 6.45) is 1.79. The van der Waals surface area contributed by atoms with E-state index in [9.17, 15) is 49.7 Å². The predicted molar refractivity (Wildman–Crippen MR) is 170 cm³/mol. The van der Waals surface area contributed by atoms with Crippen LogP contribution < -0.4 is 15.4 Å². The van der Waals surface area contributed by atoms with Crippen molar-refractivity contribution in [2.24, 2.45) is 0 Å². The Bertz CT molecular complexity index is 2290. The lowest BCUT2D eigenvalue weighted by Crippen LogP contribution is -2.42. The number of benzene rings is 2. The van der Waals surface area contributed by atoms with Crippen molar-refractivity contribution in [1.29, 1.82) is 5.26 Å². The van der Waals surface area contributed by atoms with Gasteiger partial charge in [0, 0.05) is 29.2 Å². The fourth-order valence-corrected chi connectivity index (χ4v) is 5.96. The van der Waals surface area contributed by atoms with Gasteiger partial charge in [-0.2, -0.15) is 35.3 Å². The number of hydrogen-bond donors (Lipinski definition) is 4. The summed E-state index contributed by atoms with van der Waals surface area (Å²) in [6, 6.07) is 16.2. The van der Waals surface area contributed by atoms with Gasteiger partial charge in [0.15, 0.2) is 6.54 Å². The van der Waals surface area contributed by atoms with Crippen molar-refractivity contribution in [3.05, 3.63) is 125 Å². The van der Waals surface area contributed by atoms with E-state index < -0.39 is 89.2 Å². The number of nitrogens with zero attached hydrogens (tertiary/aromatic N) is 4. The Kier molecular flexibility index (Phi) is 11.5. The molecule has 5 aromatic rings. The van der Waals surface area contributed by atoms with E-state index >= 15 is 0 Å². The average molecular weight is 749 g/mol. The molecular formula is C31H24F4N6O8S2. The molecule has 0 aliphatic rings. The van der Waals surface area contributed by atoms with Gasteiger partial charge in [-0.3, -0.25) is 29.2 Å². The lowest BCUT2D eigenvalue weighted by atomic mass is 10.1. The third-order valence-corrected chi connectivity index (χ3v) is 8.73. The summed E-state index contributed by atoms with van der Waals surface area (Å²) in [4.78, 5) is 18.7. The molecule has 0 saturated carbocycles. The number of anilines is 1. The van der Waals surface area contributed by atoms with Crippen LogP contribution in [0.25, 0.3) is 10.8 Å². The Balaban J connectivity index is 0.000000272. The molecular weight excluding hydrogens is 725 g/mol. The van der Waals surface area contributed by atoms with Gasteiger partial charge in [-0.1, -0.05) is 30.3 Å². The highest BCUT2D eigenvalue weighted by molar-refractivity contribution is 7.86. The molecule has 5 rings (SSSR count). The van der Waals surface area contributed by atoms with Crippen LogP contribution in [-0.4, -0.2) is 48.4 Å². The number of pyridine rings is 3. The first-order valence-corrected chi connectivity index (χ1v) is 17.0. The van der Waals surface area contributed by atoms with Gasteiger partial charge in [-0.05, 0) is 36.4 Å². The van der Waals surface area contributed by atoms with Crippen LogP contribution in [0.4, 0.5) is 23.4 Å². The largest absolute Gasteiger partial charge is 0.710 e. The number of nitrogens with one attached hydrogen (secondary N) is 2. The quantitative estimate of drug-likeness (QED) is 0.0695. The molecule has 0 saturated heterocycles. The summed E-state index contributed by atoms with van der Waals surface area (Å²) in [5.74, 6) is -7.13. The van der Waals surface area contributed by atoms with Crippen molar-refractivity contribution in [2.75, 3.05) is 11.9 Å². The Hall–Kier alpha value is -5.75. The maximum atomic E-state index is 14.4. The maximum absolute atomic E-state index is 14.4. The first kappa shape index (κ1) is 38.1. The van der Waals surface area contributed by atoms with Crippen molar-refractivity contribution in [3.63, 3.8) is 0 Å². The summed E-state index contributed by atoms with van der Waals surface area (Å²) in [5, 5.41) is 26.3. The topological polar surface area (TPSA) is 226 Å². The highest BCUT2D eigenvalue weighted by atomic mass is 32.2. The number of carbonyl (C=O) groups is 1. The third kappa shape index (κ3) is 9.28. The molecule has 0 aliphatic carbocycles. The van der Waals surface area contributed by atoms with Gasteiger partial charge in [0.25, 0.3) is 20.2 Å². The predicted octanol–water partition coefficient (Wildman–Crippen LogP) is 3.66. The van der Waals surface area contributed by atoms with Gasteiger partial charge < -0.3 is 10.5 Å². The summed E-state index contributed by atoms with van der Waals surface area (Å²) in [6.45, 7) is -1.46. The third-order valence-electron chi connectivity index (χ3n) is 6.91. The molecule has 20 heteroatoms. The van der Waals surface area contributed by atoms with E-state index in [1.807, 2.05) is 5.32 Å². The molecule has 3 heterocycles. The molecule has 51 heavy (non-hydrogen) atoms. The minimum Gasteiger partial charge on any atom is -0.710 e. The van der Waals surface area contributed by atoms with Crippen LogP contribution in [0.2, 0.25) is 0 Å². The summed E-state index contributed by atoms with van der Waals surface area (Å²) < 4.78 is 119. The number of halogens is 4. The van der Waals surface area contributed by atoms with Crippen molar-refractivity contribution >= 4 is 42.7 Å². The summed E-state index contributed by atoms with van der Waals surface area (Å²) in [7, 11) is -8.94. The molecule has 0 spiro atoms. The number of rotatable bonds is 10. The number of fused-ring (bicyclic) bond motifs is 1. The second kappa shape index (κ2) is 15.4. The van der Waals surface area contributed by atoms with E-state index in [1.54, 1.807) is 6.07 Å². The summed E-state index contributed by atoms with van der Waals surface area (Å²) in [5.41, 5.74) is -1.57. The van der Waals surface area contributed by atoms with Crippen molar-refractivity contribution < 1.29 is 53.0 Å². The second-order valence-electron chi connectivity index (χ2n) is 10.3. The maximum Gasteiger partial charge on any atom is 0.325 e. The lowest BCUT2D eigenvalue weighted by Gasteiger charge is -2.18. The molecule has 1 amide bonds. The summed E-state index contributed by atoms with van der Waals surface area (Å²) >= 11 is 0. The number of amides is 1. The zero-order chi connectivity index (χ0) is 37.6. The van der Waals surface area contributed by atoms with E-state index in [2.05, 4.69) is 15.3 Å². The van der Waals surface area contributed by atoms with E-state index in [0.29, 0.717) is 6.07 Å². The van der Waals surface area contributed by atoms with Crippen molar-refractivity contribution in [3.8, 4) is 6.07 Å². The van der Waals surface area contributed by atoms with Crippen LogP contribution in [0.1, 0.15) is 22.6 Å². The van der Waals surface area contributed by atoms with Crippen LogP contribution in [0.3, 0.4) is 0 Å². The van der Waals surface area contributed by atoms with Crippen LogP contribution in [0, 0.1) is 28.2 Å². The van der Waals surface area contributed by atoms with Gasteiger partial charge in [0.2, 0.25) is 11.7 Å². The standard InChI is InChI=1S/C21H16F4N6O2.C10H8O6S2/c22-14-4-3-7-27-16(14)11-29-19(32)9-17-13(10-26)8-15(23)20(31(17)33)30-12-21(24,25)18-5-1-2-6-28-18;11-17(12,13)9-5-1-3-7-8(9)4-2-6-10(7)18(14,15)16/h1-8,30H,9,11-12H2,(H,29,32);1-6H,(H,11,12,13)(H,14,15,16). The molecule has 3 aromatic heterocycles. The number of aromatic nitrogens is 3. The molecule has 0 aliphatic heterocycles. The first-order chi connectivity index (χ1) is 23.9. The highest BCUT2D eigenvalue weighted by Crippen LogP contribution is 2.29. The number of nitriles is 1. The normalized spacial score (nSPS) is 11.6. The molecule has 0 bridgehead atoms. The van der Waals surface area contributed by atoms with Gasteiger partial charge in [0.1, 0.15) is 33.1 Å².